The Labute approximate surface area is 169 Å². The number of halogens is 1. The molecule has 2 rings (SSSR count). The van der Waals surface area contributed by atoms with Crippen molar-refractivity contribution in [1.82, 2.24) is 9.62 Å². The van der Waals surface area contributed by atoms with Gasteiger partial charge in [0.05, 0.1) is 17.0 Å². The maximum Gasteiger partial charge on any atom is 0.257 e. The molecule has 0 aliphatic rings. The summed E-state index contributed by atoms with van der Waals surface area (Å²) in [5.41, 5.74) is 0.581. The van der Waals surface area contributed by atoms with Crippen LogP contribution in [0.1, 0.15) is 22.8 Å². The predicted octanol–water partition coefficient (Wildman–Crippen LogP) is 1.82. The van der Waals surface area contributed by atoms with E-state index in [0.717, 1.165) is 23.1 Å². The van der Waals surface area contributed by atoms with Crippen molar-refractivity contribution in [2.75, 3.05) is 25.5 Å². The molecule has 0 fully saturated rings. The van der Waals surface area contributed by atoms with Gasteiger partial charge in [0.2, 0.25) is 15.9 Å². The van der Waals surface area contributed by atoms with E-state index in [4.69, 9.17) is 6.42 Å². The van der Waals surface area contributed by atoms with E-state index in [9.17, 15) is 22.4 Å². The highest BCUT2D eigenvalue weighted by Crippen LogP contribution is 2.17. The van der Waals surface area contributed by atoms with Gasteiger partial charge in [0.15, 0.2) is 0 Å². The van der Waals surface area contributed by atoms with E-state index < -0.39 is 33.2 Å². The summed E-state index contributed by atoms with van der Waals surface area (Å²) in [4.78, 5) is 25.5. The van der Waals surface area contributed by atoms with Gasteiger partial charge < -0.3 is 10.2 Å². The van der Waals surface area contributed by atoms with Gasteiger partial charge in [-0.05, 0) is 36.4 Å². The number of carbonyl (C=O) groups is 2. The van der Waals surface area contributed by atoms with Crippen molar-refractivity contribution < 1.29 is 22.4 Å². The zero-order valence-electron chi connectivity index (χ0n) is 15.9. The minimum Gasteiger partial charge on any atom is -0.332 e. The number of sulfonamides is 1. The molecule has 7 nitrogen and oxygen atoms in total. The highest BCUT2D eigenvalue weighted by atomic mass is 32.2. The molecular formula is C20H20FN3O4S. The van der Waals surface area contributed by atoms with Gasteiger partial charge in [0.1, 0.15) is 5.82 Å². The van der Waals surface area contributed by atoms with Crippen molar-refractivity contribution in [3.8, 4) is 12.3 Å². The molecule has 2 aromatic carbocycles. The summed E-state index contributed by atoms with van der Waals surface area (Å²) in [7, 11) is -2.55. The second-order valence-corrected chi connectivity index (χ2v) is 7.84. The summed E-state index contributed by atoms with van der Waals surface area (Å²) in [5, 5.41) is 2.59. The number of carbonyl (C=O) groups excluding carboxylic acids is 2. The number of anilines is 1. The Hall–Kier alpha value is -3.22. The van der Waals surface area contributed by atoms with Gasteiger partial charge in [-0.2, -0.15) is 0 Å². The molecule has 9 heteroatoms. The van der Waals surface area contributed by atoms with Crippen LogP contribution in [0.2, 0.25) is 0 Å². The average Bonchev–Trinajstić information content (AvgIpc) is 2.67. The molecule has 29 heavy (non-hydrogen) atoms. The molecule has 0 saturated heterocycles. The lowest BCUT2D eigenvalue weighted by Crippen LogP contribution is -2.35. The fraction of sp³-hybridized carbons (Fsp3) is 0.200. The first-order chi connectivity index (χ1) is 13.7. The van der Waals surface area contributed by atoms with E-state index in [0.29, 0.717) is 11.3 Å². The summed E-state index contributed by atoms with van der Waals surface area (Å²) < 4.78 is 40.6. The van der Waals surface area contributed by atoms with Crippen LogP contribution in [0.3, 0.4) is 0 Å². The van der Waals surface area contributed by atoms with Crippen LogP contribution in [0.5, 0.6) is 0 Å². The van der Waals surface area contributed by atoms with Gasteiger partial charge in [0, 0.05) is 24.8 Å². The first-order valence-corrected chi connectivity index (χ1v) is 10.1. The lowest BCUT2D eigenvalue weighted by molar-refractivity contribution is -0.116. The molecule has 0 heterocycles. The van der Waals surface area contributed by atoms with E-state index >= 15 is 0 Å². The normalized spacial score (nSPS) is 10.8. The monoisotopic (exact) mass is 417 g/mol. The molecule has 0 bridgehead atoms. The maximum atomic E-state index is 14.1. The highest BCUT2D eigenvalue weighted by Gasteiger charge is 2.22. The van der Waals surface area contributed by atoms with E-state index in [1.807, 2.05) is 0 Å². The molecule has 2 N–H and O–H groups in total. The van der Waals surface area contributed by atoms with E-state index in [1.165, 1.54) is 7.05 Å². The Morgan fingerprint density at radius 3 is 2.59 bits per heavy atom. The number of rotatable bonds is 7. The second kappa shape index (κ2) is 9.32. The van der Waals surface area contributed by atoms with Crippen LogP contribution in [0, 0.1) is 18.2 Å². The van der Waals surface area contributed by atoms with Gasteiger partial charge in [-0.25, -0.2) is 17.5 Å². The molecule has 0 spiro atoms. The average molecular weight is 417 g/mol. The molecule has 2 aromatic rings. The number of terminal acetylenes is 1. The topological polar surface area (TPSA) is 95.6 Å². The largest absolute Gasteiger partial charge is 0.332 e. The Balaban J connectivity index is 2.15. The Morgan fingerprint density at radius 1 is 1.21 bits per heavy atom. The third-order valence-electron chi connectivity index (χ3n) is 3.85. The van der Waals surface area contributed by atoms with Crippen LogP contribution < -0.4 is 10.0 Å². The molecule has 0 atom stereocenters. The molecule has 152 valence electrons. The summed E-state index contributed by atoms with van der Waals surface area (Å²) in [6, 6.07) is 9.50. The minimum absolute atomic E-state index is 0.143. The first-order valence-electron chi connectivity index (χ1n) is 8.59. The van der Waals surface area contributed by atoms with Gasteiger partial charge in [-0.15, -0.1) is 6.42 Å². The third kappa shape index (κ3) is 5.63. The fourth-order valence-electron chi connectivity index (χ4n) is 2.49. The van der Waals surface area contributed by atoms with Crippen molar-refractivity contribution in [1.29, 1.82) is 0 Å². The Morgan fingerprint density at radius 2 is 1.93 bits per heavy atom. The molecule has 0 radical (unpaired) electrons. The molecule has 0 aromatic heterocycles. The van der Waals surface area contributed by atoms with Crippen molar-refractivity contribution >= 4 is 27.5 Å². The molecule has 0 unspecified atom stereocenters. The van der Waals surface area contributed by atoms with Crippen LogP contribution in [0.4, 0.5) is 10.1 Å². The molecule has 2 amide bonds. The number of hydrogen-bond acceptors (Lipinski definition) is 4. The van der Waals surface area contributed by atoms with Gasteiger partial charge in [0.25, 0.3) is 5.91 Å². The lowest BCUT2D eigenvalue weighted by atomic mass is 10.2. The van der Waals surface area contributed by atoms with Crippen LogP contribution in [0.15, 0.2) is 47.4 Å². The van der Waals surface area contributed by atoms with Gasteiger partial charge in [-0.1, -0.05) is 18.9 Å². The first kappa shape index (κ1) is 22.1. The predicted molar refractivity (Wildman–Crippen MR) is 107 cm³/mol. The zero-order valence-corrected chi connectivity index (χ0v) is 16.7. The zero-order chi connectivity index (χ0) is 21.6. The van der Waals surface area contributed by atoms with E-state index in [2.05, 4.69) is 16.0 Å². The van der Waals surface area contributed by atoms with E-state index in [1.54, 1.807) is 31.2 Å². The maximum absolute atomic E-state index is 14.1. The molecular weight excluding hydrogens is 397 g/mol. The van der Waals surface area contributed by atoms with Crippen molar-refractivity contribution in [3.05, 3.63) is 59.4 Å². The summed E-state index contributed by atoms with van der Waals surface area (Å²) in [6.45, 7) is 1.37. The minimum atomic E-state index is -3.86. The summed E-state index contributed by atoms with van der Waals surface area (Å²) in [5.74, 6) is 0.201. The third-order valence-corrected chi connectivity index (χ3v) is 5.40. The smallest absolute Gasteiger partial charge is 0.257 e. The van der Waals surface area contributed by atoms with Crippen LogP contribution in [-0.2, 0) is 14.8 Å². The summed E-state index contributed by atoms with van der Waals surface area (Å²) >= 11 is 0. The molecule has 0 saturated carbocycles. The number of benzene rings is 2. The van der Waals surface area contributed by atoms with E-state index in [-0.39, 0.29) is 18.0 Å². The number of nitrogens with zero attached hydrogens (tertiary/aromatic N) is 1. The Bertz CT molecular complexity index is 1080. The number of nitrogens with one attached hydrogen (secondary N) is 2. The fourth-order valence-corrected chi connectivity index (χ4v) is 3.56. The molecule has 0 aliphatic heterocycles. The lowest BCUT2D eigenvalue weighted by Gasteiger charge is -2.18. The number of amides is 2. The highest BCUT2D eigenvalue weighted by molar-refractivity contribution is 7.89. The van der Waals surface area contributed by atoms with Gasteiger partial charge in [-0.3, -0.25) is 9.59 Å². The summed E-state index contributed by atoms with van der Waals surface area (Å²) in [6.07, 6.45) is 5.31. The Kier molecular flexibility index (Phi) is 7.09. The number of likely N-dealkylation sites (N-methyl/N-ethyl adjacent to an activating group) is 1. The van der Waals surface area contributed by atoms with Gasteiger partial charge >= 0.3 is 0 Å². The van der Waals surface area contributed by atoms with Crippen LogP contribution in [0.25, 0.3) is 0 Å². The van der Waals surface area contributed by atoms with Crippen LogP contribution in [-0.4, -0.2) is 45.3 Å². The molecule has 0 aliphatic carbocycles. The number of hydrogen-bond donors (Lipinski definition) is 2. The van der Waals surface area contributed by atoms with Crippen molar-refractivity contribution in [2.45, 2.75) is 11.8 Å². The SMILES string of the molecule is C#Cc1cccc(NC(=O)CN(C)C(=O)c2cc(S(=O)(=O)NCC)ccc2F)c1. The standard InChI is InChI=1S/C20H20FN3O4S/c1-4-14-7-6-8-15(11-14)23-19(25)13-24(3)20(26)17-12-16(9-10-18(17)21)29(27,28)22-5-2/h1,6-12,22H,5,13H2,2-3H3,(H,23,25). The van der Waals surface area contributed by atoms with Crippen molar-refractivity contribution in [2.24, 2.45) is 0 Å². The van der Waals surface area contributed by atoms with Crippen LogP contribution >= 0.6 is 0 Å². The quantitative estimate of drug-likeness (QED) is 0.672. The van der Waals surface area contributed by atoms with Crippen molar-refractivity contribution in [3.63, 3.8) is 0 Å². The second-order valence-electron chi connectivity index (χ2n) is 6.08.